The fourth-order valence-corrected chi connectivity index (χ4v) is 0. The molecule has 0 radical (unpaired) electrons. The van der Waals surface area contributed by atoms with Crippen LogP contribution in [-0.4, -0.2) is 29.6 Å². The molecule has 0 N–H and O–H groups in total. The van der Waals surface area contributed by atoms with Crippen LogP contribution in [0.15, 0.2) is 8.98 Å². The Hall–Kier alpha value is 1.90. The molecule has 0 aliphatic heterocycles. The van der Waals surface area contributed by atoms with Gasteiger partial charge in [0.15, 0.2) is 0 Å². The van der Waals surface area contributed by atoms with Crippen molar-refractivity contribution in [2.75, 3.05) is 0 Å². The molecule has 0 heterocycles. The monoisotopic (exact) mass is 188 g/mol. The number of hydrogen-bond acceptors (Lipinski definition) is 0. The van der Waals surface area contributed by atoms with Gasteiger partial charge in [0, 0.05) is 0 Å². The van der Waals surface area contributed by atoms with Gasteiger partial charge >= 0.3 is 29.6 Å². The number of hydrogen-bond donors (Lipinski definition) is 0. The zero-order valence-corrected chi connectivity index (χ0v) is 5.54. The second-order valence-corrected chi connectivity index (χ2v) is 2.42. The average Bonchev–Trinajstić information content (AvgIpc) is 1.36. The first-order chi connectivity index (χ1) is 2.64. The van der Waals surface area contributed by atoms with Crippen molar-refractivity contribution in [1.29, 1.82) is 0 Å². The molecule has 0 fully saturated rings. The topological polar surface area (TPSA) is 0 Å². The summed E-state index contributed by atoms with van der Waals surface area (Å²) in [7, 11) is 0. The number of rotatable bonds is 0. The molecule has 0 bridgehead atoms. The van der Waals surface area contributed by atoms with E-state index >= 15 is 0 Å². The van der Waals surface area contributed by atoms with Crippen molar-refractivity contribution >= 4 is 76.0 Å². The van der Waals surface area contributed by atoms with Crippen LogP contribution in [0.25, 0.3) is 0 Å². The molecule has 0 saturated carbocycles. The molecule has 0 atom stereocenters. The summed E-state index contributed by atoms with van der Waals surface area (Å²) in [5.41, 5.74) is 0. The molecule has 0 aromatic rings. The summed E-state index contributed by atoms with van der Waals surface area (Å²) in [4.78, 5) is 0. The Labute approximate surface area is 84.0 Å². The zero-order valence-electron chi connectivity index (χ0n) is 2.51. The van der Waals surface area contributed by atoms with Crippen LogP contribution in [0.1, 0.15) is 0 Å². The van der Waals surface area contributed by atoms with Gasteiger partial charge in [-0.3, -0.25) is 0 Å². The van der Waals surface area contributed by atoms with E-state index in [0.29, 0.717) is 0 Å². The van der Waals surface area contributed by atoms with Crippen molar-refractivity contribution in [2.45, 2.75) is 0 Å². The van der Waals surface area contributed by atoms with Crippen LogP contribution in [0.2, 0.25) is 0 Å². The van der Waals surface area contributed by atoms with E-state index in [1.807, 2.05) is 0 Å². The van der Waals surface area contributed by atoms with Gasteiger partial charge in [-0.15, -0.1) is 0 Å². The summed E-state index contributed by atoms with van der Waals surface area (Å²) in [5, 5.41) is 0. The molecular weight excluding hydrogens is 189 g/mol. The summed E-state index contributed by atoms with van der Waals surface area (Å²) in [6.45, 7) is 0. The standard InChI is InChI=1S/C2Cl4.Na.H/c3-1(4)2(5)6;;. The molecule has 0 aromatic carbocycles. The van der Waals surface area contributed by atoms with Gasteiger partial charge < -0.3 is 0 Å². The summed E-state index contributed by atoms with van der Waals surface area (Å²) >= 11 is 20.0. The second kappa shape index (κ2) is 6.03. The Balaban J connectivity index is 0. The molecule has 0 nitrogen and oxygen atoms in total. The van der Waals surface area contributed by atoms with Crippen molar-refractivity contribution in [3.63, 3.8) is 0 Å². The van der Waals surface area contributed by atoms with Gasteiger partial charge in [-0.1, -0.05) is 46.4 Å². The summed E-state index contributed by atoms with van der Waals surface area (Å²) in [6, 6.07) is 0. The quantitative estimate of drug-likeness (QED) is 0.514. The van der Waals surface area contributed by atoms with Gasteiger partial charge in [0.05, 0.1) is 0 Å². The molecule has 0 saturated heterocycles. The van der Waals surface area contributed by atoms with Crippen molar-refractivity contribution in [3.05, 3.63) is 8.98 Å². The van der Waals surface area contributed by atoms with Crippen LogP contribution in [-0.2, 0) is 0 Å². The molecule has 0 aromatic heterocycles. The average molecular weight is 190 g/mol. The number of halogens is 4. The van der Waals surface area contributed by atoms with E-state index in [-0.39, 0.29) is 38.5 Å². The minimum atomic E-state index is -0.0988. The van der Waals surface area contributed by atoms with Crippen LogP contribution in [0.3, 0.4) is 0 Å². The molecule has 5 heteroatoms. The Morgan fingerprint density at radius 2 is 0.857 bits per heavy atom. The Morgan fingerprint density at radius 3 is 0.857 bits per heavy atom. The SMILES string of the molecule is ClC(Cl)=C(Cl)Cl.[NaH]. The van der Waals surface area contributed by atoms with E-state index < -0.39 is 0 Å². The predicted octanol–water partition coefficient (Wildman–Crippen LogP) is 2.42. The normalized spacial score (nSPS) is 6.86. The third kappa shape index (κ3) is 7.90. The molecule has 38 valence electrons. The summed E-state index contributed by atoms with van der Waals surface area (Å²) in [5.74, 6) is 0. The van der Waals surface area contributed by atoms with E-state index in [4.69, 9.17) is 46.4 Å². The van der Waals surface area contributed by atoms with Gasteiger partial charge in [-0.25, -0.2) is 0 Å². The summed E-state index contributed by atoms with van der Waals surface area (Å²) in [6.07, 6.45) is 0. The zero-order chi connectivity index (χ0) is 5.15. The van der Waals surface area contributed by atoms with Gasteiger partial charge in [-0.2, -0.15) is 0 Å². The minimum absolute atomic E-state index is 0. The second-order valence-electron chi connectivity index (χ2n) is 0.521. The molecule has 0 amide bonds. The Kier molecular flexibility index (Phi) is 10.0. The Bertz CT molecular complexity index is 59.8. The van der Waals surface area contributed by atoms with Crippen molar-refractivity contribution < 1.29 is 0 Å². The molecule has 0 unspecified atom stereocenters. The van der Waals surface area contributed by atoms with E-state index in [9.17, 15) is 0 Å². The predicted molar refractivity (Wildman–Crippen MR) is 37.6 cm³/mol. The molecule has 0 aliphatic carbocycles. The van der Waals surface area contributed by atoms with Gasteiger partial charge in [0.2, 0.25) is 0 Å². The van der Waals surface area contributed by atoms with E-state index in [2.05, 4.69) is 0 Å². The molecule has 0 aliphatic rings. The molecule has 0 rings (SSSR count). The van der Waals surface area contributed by atoms with Gasteiger partial charge in [0.1, 0.15) is 8.98 Å². The van der Waals surface area contributed by atoms with Gasteiger partial charge in [-0.05, 0) is 0 Å². The molecule has 0 spiro atoms. The molecular formula is C2HCl4Na. The van der Waals surface area contributed by atoms with Crippen LogP contribution in [0.5, 0.6) is 0 Å². The van der Waals surface area contributed by atoms with E-state index in [1.165, 1.54) is 0 Å². The van der Waals surface area contributed by atoms with E-state index in [1.54, 1.807) is 0 Å². The Morgan fingerprint density at radius 1 is 0.714 bits per heavy atom. The van der Waals surface area contributed by atoms with E-state index in [0.717, 1.165) is 0 Å². The third-order valence-corrected chi connectivity index (χ3v) is 1.29. The van der Waals surface area contributed by atoms with Crippen molar-refractivity contribution in [2.24, 2.45) is 0 Å². The fraction of sp³-hybridized carbons (Fsp3) is 0. The van der Waals surface area contributed by atoms with Crippen LogP contribution >= 0.6 is 46.4 Å². The maximum absolute atomic E-state index is 4.99. The first kappa shape index (κ1) is 11.7. The fourth-order valence-electron chi connectivity index (χ4n) is 0. The third-order valence-electron chi connectivity index (χ3n) is 0.143. The van der Waals surface area contributed by atoms with Crippen LogP contribution in [0.4, 0.5) is 0 Å². The molecule has 7 heavy (non-hydrogen) atoms. The summed E-state index contributed by atoms with van der Waals surface area (Å²) < 4.78 is -0.198. The first-order valence-corrected chi connectivity index (χ1v) is 2.52. The van der Waals surface area contributed by atoms with Crippen LogP contribution in [0, 0.1) is 0 Å². The van der Waals surface area contributed by atoms with Crippen molar-refractivity contribution in [3.8, 4) is 0 Å². The maximum atomic E-state index is 4.99. The van der Waals surface area contributed by atoms with Crippen LogP contribution < -0.4 is 0 Å². The van der Waals surface area contributed by atoms with Gasteiger partial charge in [0.25, 0.3) is 0 Å². The van der Waals surface area contributed by atoms with Crippen molar-refractivity contribution in [1.82, 2.24) is 0 Å². The first-order valence-electron chi connectivity index (χ1n) is 1.01.